The van der Waals surface area contributed by atoms with Crippen LogP contribution in [-0.2, 0) is 0 Å². The molecule has 78 valence electrons. The largest absolute Gasteiger partial charge is 0.395 e. The normalized spacial score (nSPS) is 15.1. The highest BCUT2D eigenvalue weighted by Crippen LogP contribution is 2.13. The lowest BCUT2D eigenvalue weighted by Crippen LogP contribution is -2.31. The molecule has 2 atom stereocenters. The van der Waals surface area contributed by atoms with E-state index in [1.54, 1.807) is 0 Å². The molecule has 0 aliphatic rings. The molecular weight excluding hydrogens is 174 g/mol. The standard InChI is InChI=1S/C12H19NO/c1-9-4-6-12(7-5-9)11(3)13-10(2)8-14/h4-7,10-11,13-14H,8H2,1-3H3/t10-,11+/m0/s1. The van der Waals surface area contributed by atoms with E-state index in [0.717, 1.165) is 0 Å². The second-order valence-electron chi connectivity index (χ2n) is 3.88. The van der Waals surface area contributed by atoms with Gasteiger partial charge in [-0.2, -0.15) is 0 Å². The first-order valence-electron chi connectivity index (χ1n) is 5.07. The Kier molecular flexibility index (Phi) is 4.11. The third-order valence-electron chi connectivity index (χ3n) is 2.39. The van der Waals surface area contributed by atoms with Gasteiger partial charge < -0.3 is 10.4 Å². The van der Waals surface area contributed by atoms with Crippen LogP contribution in [0.25, 0.3) is 0 Å². The minimum atomic E-state index is 0.145. The van der Waals surface area contributed by atoms with Crippen LogP contribution in [-0.4, -0.2) is 17.8 Å². The maximum atomic E-state index is 8.91. The molecule has 0 bridgehead atoms. The van der Waals surface area contributed by atoms with Crippen molar-refractivity contribution in [2.75, 3.05) is 6.61 Å². The van der Waals surface area contributed by atoms with Gasteiger partial charge in [-0.3, -0.25) is 0 Å². The lowest BCUT2D eigenvalue weighted by molar-refractivity contribution is 0.243. The van der Waals surface area contributed by atoms with Crippen LogP contribution in [0, 0.1) is 6.92 Å². The van der Waals surface area contributed by atoms with Gasteiger partial charge in [0, 0.05) is 12.1 Å². The Morgan fingerprint density at radius 1 is 1.21 bits per heavy atom. The Morgan fingerprint density at radius 2 is 1.79 bits per heavy atom. The predicted octanol–water partition coefficient (Wildman–Crippen LogP) is 2.03. The number of aliphatic hydroxyl groups is 1. The Morgan fingerprint density at radius 3 is 2.29 bits per heavy atom. The summed E-state index contributed by atoms with van der Waals surface area (Å²) >= 11 is 0. The second-order valence-corrected chi connectivity index (χ2v) is 3.88. The molecule has 0 spiro atoms. The van der Waals surface area contributed by atoms with Crippen molar-refractivity contribution in [2.24, 2.45) is 0 Å². The molecule has 2 nitrogen and oxygen atoms in total. The number of hydrogen-bond donors (Lipinski definition) is 2. The Balaban J connectivity index is 2.60. The highest BCUT2D eigenvalue weighted by atomic mass is 16.3. The zero-order chi connectivity index (χ0) is 10.6. The molecule has 0 fully saturated rings. The highest BCUT2D eigenvalue weighted by Gasteiger charge is 2.07. The number of aryl methyl sites for hydroxylation is 1. The molecule has 0 heterocycles. The first-order chi connectivity index (χ1) is 6.63. The van der Waals surface area contributed by atoms with Gasteiger partial charge in [0.05, 0.1) is 6.61 Å². The Hall–Kier alpha value is -0.860. The average Bonchev–Trinajstić information content (AvgIpc) is 2.18. The van der Waals surface area contributed by atoms with E-state index in [9.17, 15) is 0 Å². The molecule has 1 rings (SSSR count). The van der Waals surface area contributed by atoms with Crippen molar-refractivity contribution in [3.05, 3.63) is 35.4 Å². The topological polar surface area (TPSA) is 32.3 Å². The van der Waals surface area contributed by atoms with Gasteiger partial charge in [0.2, 0.25) is 0 Å². The lowest BCUT2D eigenvalue weighted by atomic mass is 10.1. The van der Waals surface area contributed by atoms with Gasteiger partial charge >= 0.3 is 0 Å². The first kappa shape index (κ1) is 11.2. The minimum Gasteiger partial charge on any atom is -0.395 e. The fraction of sp³-hybridized carbons (Fsp3) is 0.500. The molecule has 2 heteroatoms. The summed E-state index contributed by atoms with van der Waals surface area (Å²) < 4.78 is 0. The summed E-state index contributed by atoms with van der Waals surface area (Å²) in [5.74, 6) is 0. The van der Waals surface area contributed by atoms with Gasteiger partial charge in [-0.1, -0.05) is 29.8 Å². The van der Waals surface area contributed by atoms with E-state index >= 15 is 0 Å². The zero-order valence-corrected chi connectivity index (χ0v) is 9.12. The number of aliphatic hydroxyl groups excluding tert-OH is 1. The molecule has 0 saturated carbocycles. The summed E-state index contributed by atoms with van der Waals surface area (Å²) in [6.07, 6.45) is 0. The molecule has 0 amide bonds. The van der Waals surface area contributed by atoms with Crippen LogP contribution < -0.4 is 5.32 Å². The molecule has 0 aromatic heterocycles. The third-order valence-corrected chi connectivity index (χ3v) is 2.39. The van der Waals surface area contributed by atoms with Crippen LogP contribution in [0.4, 0.5) is 0 Å². The van der Waals surface area contributed by atoms with Crippen LogP contribution >= 0.6 is 0 Å². The van der Waals surface area contributed by atoms with Crippen molar-refractivity contribution in [1.82, 2.24) is 5.32 Å². The summed E-state index contributed by atoms with van der Waals surface area (Å²) in [6.45, 7) is 6.34. The molecular formula is C12H19NO. The number of hydrogen-bond acceptors (Lipinski definition) is 2. The van der Waals surface area contributed by atoms with Crippen molar-refractivity contribution in [1.29, 1.82) is 0 Å². The van der Waals surface area contributed by atoms with Crippen LogP contribution in [0.5, 0.6) is 0 Å². The van der Waals surface area contributed by atoms with E-state index in [-0.39, 0.29) is 18.7 Å². The Labute approximate surface area is 86.0 Å². The molecule has 2 N–H and O–H groups in total. The molecule has 0 unspecified atom stereocenters. The van der Waals surface area contributed by atoms with E-state index in [1.807, 2.05) is 6.92 Å². The van der Waals surface area contributed by atoms with E-state index in [4.69, 9.17) is 5.11 Å². The van der Waals surface area contributed by atoms with Gasteiger partial charge in [0.15, 0.2) is 0 Å². The molecule has 0 saturated heterocycles. The highest BCUT2D eigenvalue weighted by molar-refractivity contribution is 5.23. The fourth-order valence-electron chi connectivity index (χ4n) is 1.43. The van der Waals surface area contributed by atoms with Gasteiger partial charge in [0.25, 0.3) is 0 Å². The molecule has 14 heavy (non-hydrogen) atoms. The minimum absolute atomic E-state index is 0.145. The summed E-state index contributed by atoms with van der Waals surface area (Å²) in [5.41, 5.74) is 2.53. The van der Waals surface area contributed by atoms with E-state index < -0.39 is 0 Å². The van der Waals surface area contributed by atoms with Crippen LogP contribution in [0.15, 0.2) is 24.3 Å². The number of rotatable bonds is 4. The fourth-order valence-corrected chi connectivity index (χ4v) is 1.43. The van der Waals surface area contributed by atoms with Crippen LogP contribution in [0.2, 0.25) is 0 Å². The van der Waals surface area contributed by atoms with Crippen molar-refractivity contribution in [2.45, 2.75) is 32.9 Å². The molecule has 0 radical (unpaired) electrons. The second kappa shape index (κ2) is 5.13. The van der Waals surface area contributed by atoms with Gasteiger partial charge in [-0.15, -0.1) is 0 Å². The van der Waals surface area contributed by atoms with Crippen LogP contribution in [0.3, 0.4) is 0 Å². The average molecular weight is 193 g/mol. The summed E-state index contributed by atoms with van der Waals surface area (Å²) in [5, 5.41) is 12.2. The Bertz CT molecular complexity index is 268. The smallest absolute Gasteiger partial charge is 0.0582 e. The summed E-state index contributed by atoms with van der Waals surface area (Å²) in [7, 11) is 0. The zero-order valence-electron chi connectivity index (χ0n) is 9.12. The molecule has 1 aromatic carbocycles. The third kappa shape index (κ3) is 3.13. The maximum absolute atomic E-state index is 8.91. The quantitative estimate of drug-likeness (QED) is 0.767. The van der Waals surface area contributed by atoms with Crippen molar-refractivity contribution in [3.63, 3.8) is 0 Å². The molecule has 1 aromatic rings. The summed E-state index contributed by atoms with van der Waals surface area (Å²) in [4.78, 5) is 0. The van der Waals surface area contributed by atoms with Gasteiger partial charge in [-0.25, -0.2) is 0 Å². The van der Waals surface area contributed by atoms with E-state index in [1.165, 1.54) is 11.1 Å². The van der Waals surface area contributed by atoms with Crippen molar-refractivity contribution < 1.29 is 5.11 Å². The SMILES string of the molecule is Cc1ccc([C@@H](C)N[C@@H](C)CO)cc1. The molecule has 0 aliphatic heterocycles. The van der Waals surface area contributed by atoms with Crippen molar-refractivity contribution >= 4 is 0 Å². The van der Waals surface area contributed by atoms with Crippen molar-refractivity contribution in [3.8, 4) is 0 Å². The van der Waals surface area contributed by atoms with Gasteiger partial charge in [0.1, 0.15) is 0 Å². The number of benzene rings is 1. The van der Waals surface area contributed by atoms with Crippen LogP contribution in [0.1, 0.15) is 31.0 Å². The molecule has 0 aliphatic carbocycles. The van der Waals surface area contributed by atoms with E-state index in [0.29, 0.717) is 0 Å². The monoisotopic (exact) mass is 193 g/mol. The maximum Gasteiger partial charge on any atom is 0.0582 e. The first-order valence-corrected chi connectivity index (χ1v) is 5.07. The van der Waals surface area contributed by atoms with Gasteiger partial charge in [-0.05, 0) is 26.3 Å². The summed E-state index contributed by atoms with van der Waals surface area (Å²) in [6, 6.07) is 8.90. The lowest BCUT2D eigenvalue weighted by Gasteiger charge is -2.18. The van der Waals surface area contributed by atoms with E-state index in [2.05, 4.69) is 43.4 Å². The predicted molar refractivity (Wildman–Crippen MR) is 59.3 cm³/mol. The number of nitrogens with one attached hydrogen (secondary N) is 1.